The largest absolute Gasteiger partial charge is 0.504 e. The van der Waals surface area contributed by atoms with Gasteiger partial charge in [0.05, 0.1) is 19.4 Å². The van der Waals surface area contributed by atoms with Gasteiger partial charge in [-0.25, -0.2) is 9.69 Å². The highest BCUT2D eigenvalue weighted by molar-refractivity contribution is 6.39. The summed E-state index contributed by atoms with van der Waals surface area (Å²) in [4.78, 5) is 38.4. The average Bonchev–Trinajstić information content (AvgIpc) is 2.68. The maximum atomic E-state index is 12.9. The van der Waals surface area contributed by atoms with E-state index in [1.54, 1.807) is 25.1 Å². The highest BCUT2D eigenvalue weighted by Crippen LogP contribution is 2.32. The number of barbiturate groups is 1. The van der Waals surface area contributed by atoms with Crippen LogP contribution in [0.3, 0.4) is 0 Å². The van der Waals surface area contributed by atoms with Crippen molar-refractivity contribution in [1.29, 1.82) is 0 Å². The Bertz CT molecular complexity index is 982. The lowest BCUT2D eigenvalue weighted by Crippen LogP contribution is -2.54. The molecule has 4 amide bonds. The van der Waals surface area contributed by atoms with Gasteiger partial charge in [0, 0.05) is 0 Å². The Balaban J connectivity index is 2.03. The number of anilines is 1. The van der Waals surface area contributed by atoms with Gasteiger partial charge in [0.1, 0.15) is 11.3 Å². The van der Waals surface area contributed by atoms with Crippen molar-refractivity contribution in [3.05, 3.63) is 53.6 Å². The standard InChI is InChI=1S/C20H18N2O6/c1-3-28-17-11-12(8-9-15(17)23)10-13-18(24)21-20(26)22(19(13)25)14-6-4-5-7-16(14)27-2/h4-11,23H,3H2,1-2H3,(H,21,24,26)/b13-10-. The lowest BCUT2D eigenvalue weighted by Gasteiger charge is -2.27. The summed E-state index contributed by atoms with van der Waals surface area (Å²) in [5.41, 5.74) is 0.430. The maximum absolute atomic E-state index is 12.9. The predicted molar refractivity (Wildman–Crippen MR) is 101 cm³/mol. The fraction of sp³-hybridized carbons (Fsp3) is 0.150. The molecule has 28 heavy (non-hydrogen) atoms. The molecule has 1 aliphatic heterocycles. The monoisotopic (exact) mass is 382 g/mol. The predicted octanol–water partition coefficient (Wildman–Crippen LogP) is 2.47. The third-order valence-electron chi connectivity index (χ3n) is 4.02. The number of methoxy groups -OCH3 is 1. The van der Waals surface area contributed by atoms with E-state index in [0.717, 1.165) is 4.90 Å². The first kappa shape index (κ1) is 19.0. The number of rotatable bonds is 5. The molecular weight excluding hydrogens is 364 g/mol. The fourth-order valence-corrected chi connectivity index (χ4v) is 2.75. The van der Waals surface area contributed by atoms with Crippen LogP contribution < -0.4 is 19.7 Å². The van der Waals surface area contributed by atoms with Gasteiger partial charge in [-0.15, -0.1) is 0 Å². The molecule has 2 aromatic carbocycles. The first-order chi connectivity index (χ1) is 13.5. The van der Waals surface area contributed by atoms with Gasteiger partial charge < -0.3 is 14.6 Å². The number of para-hydroxylation sites is 2. The Labute approximate surface area is 161 Å². The van der Waals surface area contributed by atoms with Gasteiger partial charge in [0.2, 0.25) is 0 Å². The molecule has 0 spiro atoms. The average molecular weight is 382 g/mol. The molecular formula is C20H18N2O6. The Kier molecular flexibility index (Phi) is 5.30. The van der Waals surface area contributed by atoms with Gasteiger partial charge in [-0.05, 0) is 42.8 Å². The Morgan fingerprint density at radius 3 is 2.57 bits per heavy atom. The van der Waals surface area contributed by atoms with E-state index in [9.17, 15) is 19.5 Å². The number of benzene rings is 2. The van der Waals surface area contributed by atoms with E-state index < -0.39 is 17.8 Å². The molecule has 8 nitrogen and oxygen atoms in total. The zero-order valence-electron chi connectivity index (χ0n) is 15.3. The van der Waals surface area contributed by atoms with Crippen LogP contribution in [0.4, 0.5) is 10.5 Å². The Hall–Kier alpha value is -3.81. The van der Waals surface area contributed by atoms with E-state index in [0.29, 0.717) is 17.9 Å². The van der Waals surface area contributed by atoms with Crippen LogP contribution in [0.15, 0.2) is 48.0 Å². The number of aromatic hydroxyl groups is 1. The quantitative estimate of drug-likeness (QED) is 0.608. The highest BCUT2D eigenvalue weighted by atomic mass is 16.5. The molecule has 1 aliphatic rings. The van der Waals surface area contributed by atoms with Crippen LogP contribution in [0.1, 0.15) is 12.5 Å². The summed E-state index contributed by atoms with van der Waals surface area (Å²) in [7, 11) is 1.42. The molecule has 1 fully saturated rings. The number of hydrogen-bond acceptors (Lipinski definition) is 6. The van der Waals surface area contributed by atoms with Crippen molar-refractivity contribution in [2.24, 2.45) is 0 Å². The van der Waals surface area contributed by atoms with Crippen LogP contribution >= 0.6 is 0 Å². The van der Waals surface area contributed by atoms with Crippen molar-refractivity contribution in [1.82, 2.24) is 5.32 Å². The van der Waals surface area contributed by atoms with E-state index in [4.69, 9.17) is 9.47 Å². The molecule has 0 radical (unpaired) electrons. The zero-order valence-corrected chi connectivity index (χ0v) is 15.3. The number of carbonyl (C=O) groups is 3. The summed E-state index contributed by atoms with van der Waals surface area (Å²) < 4.78 is 10.5. The van der Waals surface area contributed by atoms with E-state index in [2.05, 4.69) is 5.32 Å². The number of amides is 4. The van der Waals surface area contributed by atoms with E-state index in [1.807, 2.05) is 0 Å². The molecule has 8 heteroatoms. The molecule has 0 atom stereocenters. The van der Waals surface area contributed by atoms with Gasteiger partial charge in [-0.3, -0.25) is 14.9 Å². The molecule has 2 N–H and O–H groups in total. The number of nitrogens with zero attached hydrogens (tertiary/aromatic N) is 1. The lowest BCUT2D eigenvalue weighted by molar-refractivity contribution is -0.122. The molecule has 0 unspecified atom stereocenters. The number of phenolic OH excluding ortho intramolecular Hbond substituents is 1. The molecule has 0 bridgehead atoms. The van der Waals surface area contributed by atoms with Crippen molar-refractivity contribution >= 4 is 29.6 Å². The lowest BCUT2D eigenvalue weighted by atomic mass is 10.1. The second kappa shape index (κ2) is 7.83. The van der Waals surface area contributed by atoms with Crippen molar-refractivity contribution in [3.63, 3.8) is 0 Å². The van der Waals surface area contributed by atoms with Crippen molar-refractivity contribution < 1.29 is 29.0 Å². The van der Waals surface area contributed by atoms with Crippen LogP contribution in [0.5, 0.6) is 17.2 Å². The Morgan fingerprint density at radius 1 is 1.11 bits per heavy atom. The minimum absolute atomic E-state index is 0.0609. The number of nitrogens with one attached hydrogen (secondary N) is 1. The zero-order chi connectivity index (χ0) is 20.3. The number of imide groups is 2. The van der Waals surface area contributed by atoms with Crippen LogP contribution in [0.25, 0.3) is 6.08 Å². The van der Waals surface area contributed by atoms with Crippen LogP contribution in [0.2, 0.25) is 0 Å². The summed E-state index contributed by atoms with van der Waals surface area (Å²) in [6.45, 7) is 2.10. The second-order valence-corrected chi connectivity index (χ2v) is 5.79. The van der Waals surface area contributed by atoms with Crippen LogP contribution in [-0.2, 0) is 9.59 Å². The van der Waals surface area contributed by atoms with Crippen molar-refractivity contribution in [2.75, 3.05) is 18.6 Å². The summed E-state index contributed by atoms with van der Waals surface area (Å²) >= 11 is 0. The number of ether oxygens (including phenoxy) is 2. The summed E-state index contributed by atoms with van der Waals surface area (Å²) in [6.07, 6.45) is 1.33. The summed E-state index contributed by atoms with van der Waals surface area (Å²) in [6, 6.07) is 10.0. The minimum atomic E-state index is -0.864. The third-order valence-corrected chi connectivity index (χ3v) is 4.02. The molecule has 3 rings (SSSR count). The number of carbonyl (C=O) groups excluding carboxylic acids is 3. The maximum Gasteiger partial charge on any atom is 0.336 e. The van der Waals surface area contributed by atoms with Crippen LogP contribution in [0, 0.1) is 0 Å². The van der Waals surface area contributed by atoms with Gasteiger partial charge in [0.25, 0.3) is 11.8 Å². The topological polar surface area (TPSA) is 105 Å². The van der Waals surface area contributed by atoms with E-state index in [-0.39, 0.29) is 22.8 Å². The van der Waals surface area contributed by atoms with Gasteiger partial charge >= 0.3 is 6.03 Å². The fourth-order valence-electron chi connectivity index (χ4n) is 2.75. The number of urea groups is 1. The van der Waals surface area contributed by atoms with Gasteiger partial charge in [0.15, 0.2) is 11.5 Å². The molecule has 1 saturated heterocycles. The SMILES string of the molecule is CCOc1cc(/C=C2/C(=O)NC(=O)N(c3ccccc3OC)C2=O)ccc1O. The Morgan fingerprint density at radius 2 is 1.86 bits per heavy atom. The normalized spacial score (nSPS) is 15.6. The van der Waals surface area contributed by atoms with Gasteiger partial charge in [-0.1, -0.05) is 18.2 Å². The third kappa shape index (κ3) is 3.52. The molecule has 0 aromatic heterocycles. The first-order valence-electron chi connectivity index (χ1n) is 8.46. The second-order valence-electron chi connectivity index (χ2n) is 5.79. The van der Waals surface area contributed by atoms with Gasteiger partial charge in [-0.2, -0.15) is 0 Å². The van der Waals surface area contributed by atoms with E-state index >= 15 is 0 Å². The molecule has 0 aliphatic carbocycles. The smallest absolute Gasteiger partial charge is 0.336 e. The minimum Gasteiger partial charge on any atom is -0.504 e. The van der Waals surface area contributed by atoms with Crippen molar-refractivity contribution in [3.8, 4) is 17.2 Å². The molecule has 1 heterocycles. The highest BCUT2D eigenvalue weighted by Gasteiger charge is 2.38. The summed E-state index contributed by atoms with van der Waals surface area (Å²) in [5.74, 6) is -1.13. The molecule has 2 aromatic rings. The van der Waals surface area contributed by atoms with Crippen molar-refractivity contribution in [2.45, 2.75) is 6.92 Å². The summed E-state index contributed by atoms with van der Waals surface area (Å²) in [5, 5.41) is 12.0. The van der Waals surface area contributed by atoms with Crippen LogP contribution in [-0.4, -0.2) is 36.7 Å². The first-order valence-corrected chi connectivity index (χ1v) is 8.46. The molecule has 144 valence electrons. The molecule has 0 saturated carbocycles. The number of hydrogen-bond donors (Lipinski definition) is 2. The van der Waals surface area contributed by atoms with E-state index in [1.165, 1.54) is 37.5 Å². The number of phenols is 1.